The Kier molecular flexibility index (Phi) is 4.72. The van der Waals surface area contributed by atoms with Crippen molar-refractivity contribution in [2.75, 3.05) is 13.7 Å². The highest BCUT2D eigenvalue weighted by Gasteiger charge is 2.31. The fourth-order valence-corrected chi connectivity index (χ4v) is 1.52. The maximum absolute atomic E-state index is 12.2. The van der Waals surface area contributed by atoms with E-state index in [2.05, 4.69) is 10.1 Å². The van der Waals surface area contributed by atoms with E-state index in [4.69, 9.17) is 0 Å². The SMILES string of the molecule is COC(=O)C(NCC(F)(F)F)c1cccc(C)c1. The molecule has 0 aliphatic carbocycles. The van der Waals surface area contributed by atoms with E-state index in [1.807, 2.05) is 0 Å². The van der Waals surface area contributed by atoms with Gasteiger partial charge in [0.15, 0.2) is 0 Å². The van der Waals surface area contributed by atoms with Gasteiger partial charge in [-0.1, -0.05) is 29.8 Å². The molecule has 3 nitrogen and oxygen atoms in total. The van der Waals surface area contributed by atoms with Gasteiger partial charge >= 0.3 is 12.1 Å². The Morgan fingerprint density at radius 1 is 1.44 bits per heavy atom. The lowest BCUT2D eigenvalue weighted by atomic mass is 10.0. The molecule has 0 bridgehead atoms. The number of ether oxygens (including phenoxy) is 1. The maximum Gasteiger partial charge on any atom is 0.401 e. The van der Waals surface area contributed by atoms with Crippen LogP contribution in [-0.2, 0) is 9.53 Å². The first-order valence-corrected chi connectivity index (χ1v) is 5.28. The molecule has 100 valence electrons. The second-order valence-electron chi connectivity index (χ2n) is 3.87. The number of alkyl halides is 3. The molecule has 1 atom stereocenters. The molecule has 0 amide bonds. The number of carbonyl (C=O) groups is 1. The van der Waals surface area contributed by atoms with Crippen LogP contribution in [0.3, 0.4) is 0 Å². The second-order valence-corrected chi connectivity index (χ2v) is 3.87. The number of esters is 1. The quantitative estimate of drug-likeness (QED) is 0.845. The van der Waals surface area contributed by atoms with Gasteiger partial charge in [-0.25, -0.2) is 4.79 Å². The van der Waals surface area contributed by atoms with E-state index in [-0.39, 0.29) is 0 Å². The molecule has 0 aliphatic rings. The molecule has 0 spiro atoms. The van der Waals surface area contributed by atoms with Crippen molar-refractivity contribution in [3.63, 3.8) is 0 Å². The van der Waals surface area contributed by atoms with Crippen LogP contribution in [0, 0.1) is 6.92 Å². The molecule has 18 heavy (non-hydrogen) atoms. The van der Waals surface area contributed by atoms with Gasteiger partial charge in [-0.3, -0.25) is 5.32 Å². The molecule has 0 aromatic heterocycles. The lowest BCUT2D eigenvalue weighted by Gasteiger charge is -2.18. The molecule has 1 aromatic rings. The minimum Gasteiger partial charge on any atom is -0.468 e. The molecule has 1 rings (SSSR count). The van der Waals surface area contributed by atoms with Gasteiger partial charge < -0.3 is 4.74 Å². The van der Waals surface area contributed by atoms with Crippen LogP contribution in [0.5, 0.6) is 0 Å². The zero-order valence-corrected chi connectivity index (χ0v) is 10.0. The van der Waals surface area contributed by atoms with Gasteiger partial charge in [-0.2, -0.15) is 13.2 Å². The molecule has 0 saturated heterocycles. The van der Waals surface area contributed by atoms with Gasteiger partial charge in [0, 0.05) is 0 Å². The number of methoxy groups -OCH3 is 1. The molecule has 0 aliphatic heterocycles. The van der Waals surface area contributed by atoms with Crippen LogP contribution in [0.25, 0.3) is 0 Å². The second kappa shape index (κ2) is 5.86. The number of rotatable bonds is 4. The third kappa shape index (κ3) is 4.37. The van der Waals surface area contributed by atoms with Crippen molar-refractivity contribution in [2.45, 2.75) is 19.1 Å². The van der Waals surface area contributed by atoms with Gasteiger partial charge in [0.05, 0.1) is 13.7 Å². The van der Waals surface area contributed by atoms with E-state index in [0.717, 1.165) is 12.7 Å². The van der Waals surface area contributed by atoms with Crippen molar-refractivity contribution in [1.29, 1.82) is 0 Å². The first kappa shape index (κ1) is 14.5. The van der Waals surface area contributed by atoms with E-state index in [1.165, 1.54) is 0 Å². The summed E-state index contributed by atoms with van der Waals surface area (Å²) in [6.45, 7) is 0.544. The molecule has 6 heteroatoms. The Hall–Kier alpha value is -1.56. The molecule has 0 radical (unpaired) electrons. The Morgan fingerprint density at radius 2 is 2.11 bits per heavy atom. The summed E-state index contributed by atoms with van der Waals surface area (Å²) in [6.07, 6.45) is -4.38. The van der Waals surface area contributed by atoms with Crippen molar-refractivity contribution in [3.05, 3.63) is 35.4 Å². The zero-order valence-electron chi connectivity index (χ0n) is 10.0. The van der Waals surface area contributed by atoms with Crippen LogP contribution in [-0.4, -0.2) is 25.8 Å². The van der Waals surface area contributed by atoms with E-state index in [1.54, 1.807) is 31.2 Å². The summed E-state index contributed by atoms with van der Waals surface area (Å²) >= 11 is 0. The summed E-state index contributed by atoms with van der Waals surface area (Å²) in [5.41, 5.74) is 1.31. The van der Waals surface area contributed by atoms with E-state index in [9.17, 15) is 18.0 Å². The normalized spacial score (nSPS) is 13.2. The summed E-state index contributed by atoms with van der Waals surface area (Å²) in [6, 6.07) is 5.58. The highest BCUT2D eigenvalue weighted by atomic mass is 19.4. The molecule has 0 heterocycles. The topological polar surface area (TPSA) is 38.3 Å². The lowest BCUT2D eigenvalue weighted by molar-refractivity contribution is -0.146. The number of aryl methyl sites for hydroxylation is 1. The summed E-state index contributed by atoms with van der Waals surface area (Å²) < 4.78 is 41.0. The number of halogens is 3. The molecule has 0 saturated carbocycles. The smallest absolute Gasteiger partial charge is 0.401 e. The average molecular weight is 261 g/mol. The molecule has 1 unspecified atom stereocenters. The monoisotopic (exact) mass is 261 g/mol. The fourth-order valence-electron chi connectivity index (χ4n) is 1.52. The van der Waals surface area contributed by atoms with E-state index in [0.29, 0.717) is 5.56 Å². The Bertz CT molecular complexity index is 418. The zero-order chi connectivity index (χ0) is 13.8. The van der Waals surface area contributed by atoms with Gasteiger partial charge in [-0.05, 0) is 12.5 Å². The van der Waals surface area contributed by atoms with E-state index < -0.39 is 24.7 Å². The predicted molar refractivity (Wildman–Crippen MR) is 60.0 cm³/mol. The number of hydrogen-bond acceptors (Lipinski definition) is 3. The minimum atomic E-state index is -4.38. The summed E-state index contributed by atoms with van der Waals surface area (Å²) in [4.78, 5) is 11.5. The molecule has 0 fully saturated rings. The van der Waals surface area contributed by atoms with Gasteiger partial charge in [0.25, 0.3) is 0 Å². The lowest BCUT2D eigenvalue weighted by Crippen LogP contribution is -2.36. The molecule has 1 aromatic carbocycles. The number of hydrogen-bond donors (Lipinski definition) is 1. The summed E-state index contributed by atoms with van der Waals surface area (Å²) in [7, 11) is 1.14. The van der Waals surface area contributed by atoms with Crippen LogP contribution in [0.4, 0.5) is 13.2 Å². The van der Waals surface area contributed by atoms with Crippen LogP contribution in [0.2, 0.25) is 0 Å². The van der Waals surface area contributed by atoms with Crippen molar-refractivity contribution in [1.82, 2.24) is 5.32 Å². The molecular formula is C12H14F3NO2. The molecule has 1 N–H and O–H groups in total. The Morgan fingerprint density at radius 3 is 2.61 bits per heavy atom. The van der Waals surface area contributed by atoms with Crippen molar-refractivity contribution < 1.29 is 22.7 Å². The first-order chi connectivity index (χ1) is 8.33. The minimum absolute atomic E-state index is 0.450. The van der Waals surface area contributed by atoms with Crippen molar-refractivity contribution in [3.8, 4) is 0 Å². The Balaban J connectivity index is 2.88. The first-order valence-electron chi connectivity index (χ1n) is 5.28. The van der Waals surface area contributed by atoms with Gasteiger partial charge in [-0.15, -0.1) is 0 Å². The van der Waals surface area contributed by atoms with Crippen LogP contribution in [0.15, 0.2) is 24.3 Å². The van der Waals surface area contributed by atoms with Crippen LogP contribution in [0.1, 0.15) is 17.2 Å². The fraction of sp³-hybridized carbons (Fsp3) is 0.417. The highest BCUT2D eigenvalue weighted by molar-refractivity contribution is 5.77. The predicted octanol–water partition coefficient (Wildman–Crippen LogP) is 2.36. The third-order valence-corrected chi connectivity index (χ3v) is 2.32. The van der Waals surface area contributed by atoms with Crippen LogP contribution >= 0.6 is 0 Å². The summed E-state index contributed by atoms with van der Waals surface area (Å²) in [5, 5.41) is 2.15. The summed E-state index contributed by atoms with van der Waals surface area (Å²) in [5.74, 6) is -0.746. The standard InChI is InChI=1S/C12H14F3NO2/c1-8-4-3-5-9(6-8)10(11(17)18-2)16-7-12(13,14)15/h3-6,10,16H,7H2,1-2H3. The average Bonchev–Trinajstić information content (AvgIpc) is 2.27. The highest BCUT2D eigenvalue weighted by Crippen LogP contribution is 2.19. The van der Waals surface area contributed by atoms with Crippen LogP contribution < -0.4 is 5.32 Å². The van der Waals surface area contributed by atoms with E-state index >= 15 is 0 Å². The maximum atomic E-state index is 12.2. The van der Waals surface area contributed by atoms with Gasteiger partial charge in [0.2, 0.25) is 0 Å². The van der Waals surface area contributed by atoms with Crippen molar-refractivity contribution in [2.24, 2.45) is 0 Å². The number of nitrogens with one attached hydrogen (secondary N) is 1. The number of benzene rings is 1. The Labute approximate surface area is 103 Å². The number of carbonyl (C=O) groups excluding carboxylic acids is 1. The third-order valence-electron chi connectivity index (χ3n) is 2.32. The van der Waals surface area contributed by atoms with Gasteiger partial charge in [0.1, 0.15) is 6.04 Å². The molecular weight excluding hydrogens is 247 g/mol. The van der Waals surface area contributed by atoms with Crippen molar-refractivity contribution >= 4 is 5.97 Å². The largest absolute Gasteiger partial charge is 0.468 e.